The standard InChI is InChI=1S/C25H25N5O11S2/c1-11(31)40-15-5-4-13(6-16(15)41-12(2)32)23(37)38-10-25(3)19(22(35)36)30-20(34)18(21(30)43-25)29-17(33)7-27-39-8-14-9-42-24(26)28-14/h4-7,9,18-19,21H,8,10H2,1-3H3,(H2,26,28)(H,29,33)(H,35,36)/b27-7-/t18-,19+,21-,25+/m1/s1. The van der Waals surface area contributed by atoms with Gasteiger partial charge in [-0.1, -0.05) is 5.16 Å². The number of oxime groups is 1. The van der Waals surface area contributed by atoms with Crippen molar-refractivity contribution < 1.29 is 52.9 Å². The summed E-state index contributed by atoms with van der Waals surface area (Å²) < 4.78 is 14.1. The minimum absolute atomic E-state index is 0.0230. The van der Waals surface area contributed by atoms with Crippen LogP contribution in [0.15, 0.2) is 28.7 Å². The average molecular weight is 636 g/mol. The Morgan fingerprint density at radius 1 is 1.19 bits per heavy atom. The number of nitrogens with one attached hydrogen (secondary N) is 1. The highest BCUT2D eigenvalue weighted by atomic mass is 32.2. The van der Waals surface area contributed by atoms with Crippen molar-refractivity contribution in [3.05, 3.63) is 34.8 Å². The van der Waals surface area contributed by atoms with Gasteiger partial charge in [0.2, 0.25) is 5.91 Å². The molecule has 1 aromatic carbocycles. The fourth-order valence-electron chi connectivity index (χ4n) is 4.32. The van der Waals surface area contributed by atoms with Gasteiger partial charge in [0.05, 0.1) is 16.0 Å². The van der Waals surface area contributed by atoms with Gasteiger partial charge in [-0.05, 0) is 25.1 Å². The number of carboxylic acids is 1. The molecule has 2 saturated heterocycles. The number of aliphatic carboxylic acids is 1. The van der Waals surface area contributed by atoms with Crippen molar-refractivity contribution in [2.75, 3.05) is 12.3 Å². The lowest BCUT2D eigenvalue weighted by atomic mass is 9.95. The van der Waals surface area contributed by atoms with E-state index in [1.165, 1.54) is 30.4 Å². The number of esters is 3. The average Bonchev–Trinajstić information content (AvgIpc) is 3.47. The number of anilines is 1. The minimum Gasteiger partial charge on any atom is -0.480 e. The first-order valence-corrected chi connectivity index (χ1v) is 14.1. The third kappa shape index (κ3) is 7.03. The number of ether oxygens (including phenoxy) is 3. The quantitative estimate of drug-likeness (QED) is 0.101. The van der Waals surface area contributed by atoms with Crippen LogP contribution in [0.4, 0.5) is 5.13 Å². The number of rotatable bonds is 11. The number of nitrogens with zero attached hydrogens (tertiary/aromatic N) is 3. The number of carbonyl (C=O) groups excluding carboxylic acids is 5. The summed E-state index contributed by atoms with van der Waals surface area (Å²) in [5.41, 5.74) is 5.98. The number of nitrogens with two attached hydrogens (primary N) is 1. The Morgan fingerprint density at radius 2 is 1.88 bits per heavy atom. The van der Waals surface area contributed by atoms with Crippen molar-refractivity contribution in [3.63, 3.8) is 0 Å². The number of thioether (sulfide) groups is 1. The van der Waals surface area contributed by atoms with Crippen molar-refractivity contribution in [2.45, 2.75) is 49.6 Å². The van der Waals surface area contributed by atoms with Crippen molar-refractivity contribution in [1.82, 2.24) is 15.2 Å². The lowest BCUT2D eigenvalue weighted by Crippen LogP contribution is -2.71. The highest BCUT2D eigenvalue weighted by Gasteiger charge is 2.66. The monoisotopic (exact) mass is 635 g/mol. The zero-order valence-electron chi connectivity index (χ0n) is 22.8. The van der Waals surface area contributed by atoms with Crippen LogP contribution in [0.2, 0.25) is 0 Å². The Morgan fingerprint density at radius 3 is 2.51 bits per heavy atom. The maximum absolute atomic E-state index is 12.9. The molecule has 0 saturated carbocycles. The molecule has 43 heavy (non-hydrogen) atoms. The van der Waals surface area contributed by atoms with Gasteiger partial charge in [-0.2, -0.15) is 0 Å². The van der Waals surface area contributed by atoms with E-state index < -0.39 is 64.5 Å². The Labute approximate surface area is 251 Å². The van der Waals surface area contributed by atoms with E-state index in [1.807, 2.05) is 0 Å². The molecule has 16 nitrogen and oxygen atoms in total. The van der Waals surface area contributed by atoms with Crippen LogP contribution >= 0.6 is 23.1 Å². The number of nitrogen functional groups attached to an aromatic ring is 1. The molecule has 0 spiro atoms. The number of amides is 2. The first kappa shape index (κ1) is 31.2. The van der Waals surface area contributed by atoms with Crippen molar-refractivity contribution in [1.29, 1.82) is 0 Å². The molecule has 4 atom stereocenters. The van der Waals surface area contributed by atoms with E-state index in [0.29, 0.717) is 10.8 Å². The molecule has 228 valence electrons. The Balaban J connectivity index is 1.39. The molecule has 3 heterocycles. The number of aromatic nitrogens is 1. The van der Waals surface area contributed by atoms with E-state index in [1.54, 1.807) is 5.38 Å². The second-order valence-corrected chi connectivity index (χ2v) is 11.9. The van der Waals surface area contributed by atoms with Crippen LogP contribution in [0.3, 0.4) is 0 Å². The summed E-state index contributed by atoms with van der Waals surface area (Å²) in [7, 11) is 0. The molecule has 1 aromatic heterocycles. The van der Waals surface area contributed by atoms with Gasteiger partial charge >= 0.3 is 23.9 Å². The van der Waals surface area contributed by atoms with Crippen LogP contribution in [0.5, 0.6) is 11.5 Å². The summed E-state index contributed by atoms with van der Waals surface area (Å²) in [5.74, 6) is -5.30. The number of benzene rings is 1. The number of thiazole rings is 1. The SMILES string of the molecule is CC(=O)Oc1ccc(C(=O)OC[C@]2(C)S[C@@H]3[C@H](NC(=O)/C=N\OCc4csc(N)n4)C(=O)N3[C@H]2C(=O)O)cc1OC(C)=O. The van der Waals surface area contributed by atoms with E-state index >= 15 is 0 Å². The molecular formula is C25H25N5O11S2. The van der Waals surface area contributed by atoms with Crippen LogP contribution in [-0.4, -0.2) is 85.7 Å². The largest absolute Gasteiger partial charge is 0.480 e. The zero-order valence-corrected chi connectivity index (χ0v) is 24.4. The second kappa shape index (κ2) is 12.7. The molecule has 4 N–H and O–H groups in total. The van der Waals surface area contributed by atoms with Gasteiger partial charge < -0.3 is 40.1 Å². The fourth-order valence-corrected chi connectivity index (χ4v) is 6.54. The summed E-state index contributed by atoms with van der Waals surface area (Å²) in [6, 6.07) is 1.22. The number of hydrogen-bond donors (Lipinski definition) is 3. The van der Waals surface area contributed by atoms with Gasteiger partial charge in [0.25, 0.3) is 5.91 Å². The van der Waals surface area contributed by atoms with Gasteiger partial charge in [-0.3, -0.25) is 19.2 Å². The Kier molecular flexibility index (Phi) is 9.19. The molecule has 2 aliphatic rings. The van der Waals surface area contributed by atoms with E-state index in [4.69, 9.17) is 24.8 Å². The van der Waals surface area contributed by atoms with Crippen LogP contribution < -0.4 is 20.5 Å². The maximum atomic E-state index is 12.9. The molecule has 2 aromatic rings. The number of hydrogen-bond acceptors (Lipinski definition) is 15. The third-order valence-electron chi connectivity index (χ3n) is 6.06. The number of carbonyl (C=O) groups is 6. The summed E-state index contributed by atoms with van der Waals surface area (Å²) in [6.07, 6.45) is 0.831. The van der Waals surface area contributed by atoms with Gasteiger partial charge in [0.15, 0.2) is 23.2 Å². The Bertz CT molecular complexity index is 1510. The van der Waals surface area contributed by atoms with Gasteiger partial charge in [-0.15, -0.1) is 23.1 Å². The minimum atomic E-state index is -1.37. The van der Waals surface area contributed by atoms with Crippen LogP contribution in [-0.2, 0) is 40.2 Å². The number of carboxylic acid groups (broad SMARTS) is 1. The second-order valence-electron chi connectivity index (χ2n) is 9.40. The lowest BCUT2D eigenvalue weighted by Gasteiger charge is -2.43. The maximum Gasteiger partial charge on any atom is 0.338 e. The van der Waals surface area contributed by atoms with Crippen molar-refractivity contribution in [3.8, 4) is 11.5 Å². The lowest BCUT2D eigenvalue weighted by molar-refractivity contribution is -0.161. The van der Waals surface area contributed by atoms with E-state index in [9.17, 15) is 33.9 Å². The number of β-lactam (4-membered cyclic amide) rings is 1. The summed E-state index contributed by atoms with van der Waals surface area (Å²) >= 11 is 2.27. The molecule has 4 rings (SSSR count). The fraction of sp³-hybridized carbons (Fsp3) is 0.360. The molecule has 2 aliphatic heterocycles. The highest BCUT2D eigenvalue weighted by molar-refractivity contribution is 8.01. The number of fused-ring (bicyclic) bond motifs is 1. The smallest absolute Gasteiger partial charge is 0.338 e. The molecule has 2 fully saturated rings. The molecule has 0 unspecified atom stereocenters. The molecule has 0 bridgehead atoms. The predicted molar refractivity (Wildman–Crippen MR) is 149 cm³/mol. The molecule has 18 heteroatoms. The van der Waals surface area contributed by atoms with E-state index in [0.717, 1.165) is 42.8 Å². The predicted octanol–water partition coefficient (Wildman–Crippen LogP) is 0.547. The summed E-state index contributed by atoms with van der Waals surface area (Å²) in [4.78, 5) is 83.1. The topological polar surface area (TPSA) is 226 Å². The molecule has 2 amide bonds. The summed E-state index contributed by atoms with van der Waals surface area (Å²) in [6.45, 7) is 3.33. The first-order valence-electron chi connectivity index (χ1n) is 12.4. The summed E-state index contributed by atoms with van der Waals surface area (Å²) in [5, 5.41) is 17.2. The van der Waals surface area contributed by atoms with Crippen molar-refractivity contribution in [2.24, 2.45) is 5.16 Å². The highest BCUT2D eigenvalue weighted by Crippen LogP contribution is 2.51. The van der Waals surface area contributed by atoms with Crippen molar-refractivity contribution >= 4 is 70.1 Å². The Hall–Kier alpha value is -4.71. The van der Waals surface area contributed by atoms with Gasteiger partial charge in [-0.25, -0.2) is 14.6 Å². The first-order chi connectivity index (χ1) is 20.3. The molecule has 0 radical (unpaired) electrons. The van der Waals surface area contributed by atoms with Gasteiger partial charge in [0, 0.05) is 19.2 Å². The third-order valence-corrected chi connectivity index (χ3v) is 8.40. The van der Waals surface area contributed by atoms with E-state index in [2.05, 4.69) is 15.5 Å². The van der Waals surface area contributed by atoms with E-state index in [-0.39, 0.29) is 23.7 Å². The van der Waals surface area contributed by atoms with Crippen LogP contribution in [0.25, 0.3) is 0 Å². The molecule has 0 aliphatic carbocycles. The van der Waals surface area contributed by atoms with Crippen LogP contribution in [0.1, 0.15) is 36.8 Å². The van der Waals surface area contributed by atoms with Gasteiger partial charge in [0.1, 0.15) is 30.3 Å². The zero-order chi connectivity index (χ0) is 31.5. The normalized spacial score (nSPS) is 22.3. The van der Waals surface area contributed by atoms with Crippen LogP contribution in [0, 0.1) is 0 Å². The molecular weight excluding hydrogens is 610 g/mol.